The zero-order chi connectivity index (χ0) is 9.73. The van der Waals surface area contributed by atoms with E-state index >= 15 is 0 Å². The molecule has 4 heteroatoms. The molecule has 1 aliphatic heterocycles. The molecule has 1 rings (SSSR count). The van der Waals surface area contributed by atoms with E-state index < -0.39 is 9.73 Å². The second-order valence-corrected chi connectivity index (χ2v) is 6.52. The lowest BCUT2D eigenvalue weighted by Crippen LogP contribution is -2.14. The number of hydrogen-bond donors (Lipinski definition) is 0. The number of hydrogen-bond acceptors (Lipinski definition) is 3. The van der Waals surface area contributed by atoms with E-state index in [2.05, 4.69) is 23.4 Å². The summed E-state index contributed by atoms with van der Waals surface area (Å²) in [7, 11) is 2.36. The summed E-state index contributed by atoms with van der Waals surface area (Å²) in [4.78, 5) is 2.14. The molecule has 1 fully saturated rings. The van der Waals surface area contributed by atoms with Crippen LogP contribution in [0.3, 0.4) is 0 Å². The first kappa shape index (κ1) is 11.0. The Bertz CT molecular complexity index is 242. The van der Waals surface area contributed by atoms with Crippen LogP contribution in [-0.4, -0.2) is 47.8 Å². The Morgan fingerprint density at radius 3 is 2.46 bits per heavy atom. The molecule has 0 amide bonds. The van der Waals surface area contributed by atoms with Crippen LogP contribution in [0.15, 0.2) is 4.36 Å². The van der Waals surface area contributed by atoms with Crippen molar-refractivity contribution >= 4 is 9.73 Å². The van der Waals surface area contributed by atoms with Crippen molar-refractivity contribution in [3.63, 3.8) is 0 Å². The predicted octanol–water partition coefficient (Wildman–Crippen LogP) is 1.20. The van der Waals surface area contributed by atoms with Crippen molar-refractivity contribution in [1.29, 1.82) is 0 Å². The molecule has 0 N–H and O–H groups in total. The average molecular weight is 204 g/mol. The SMILES string of the molecule is CN(C)CCCN=S1(=O)CCCC1. The van der Waals surface area contributed by atoms with Crippen LogP contribution in [0.4, 0.5) is 0 Å². The van der Waals surface area contributed by atoms with Crippen LogP contribution in [0.1, 0.15) is 19.3 Å². The normalized spacial score (nSPS) is 20.8. The fraction of sp³-hybridized carbons (Fsp3) is 1.00. The highest BCUT2D eigenvalue weighted by molar-refractivity contribution is 7.93. The Kier molecular flexibility index (Phi) is 4.19. The van der Waals surface area contributed by atoms with Crippen molar-refractivity contribution < 1.29 is 4.21 Å². The average Bonchev–Trinajstić information content (AvgIpc) is 2.47. The second-order valence-electron chi connectivity index (χ2n) is 3.90. The third kappa shape index (κ3) is 4.09. The highest BCUT2D eigenvalue weighted by Crippen LogP contribution is 2.13. The highest BCUT2D eigenvalue weighted by Gasteiger charge is 2.15. The Hall–Kier alpha value is -0.0900. The molecule has 0 atom stereocenters. The van der Waals surface area contributed by atoms with Gasteiger partial charge in [0.05, 0.1) is 0 Å². The molecule has 0 bridgehead atoms. The van der Waals surface area contributed by atoms with E-state index in [9.17, 15) is 4.21 Å². The van der Waals surface area contributed by atoms with E-state index in [0.717, 1.165) is 43.9 Å². The maximum absolute atomic E-state index is 11.8. The molecule has 1 aliphatic rings. The van der Waals surface area contributed by atoms with Gasteiger partial charge in [0.1, 0.15) is 0 Å². The van der Waals surface area contributed by atoms with Gasteiger partial charge in [0.15, 0.2) is 0 Å². The molecule has 0 saturated carbocycles. The number of rotatable bonds is 4. The monoisotopic (exact) mass is 204 g/mol. The van der Waals surface area contributed by atoms with Gasteiger partial charge < -0.3 is 4.90 Å². The molecular formula is C9H20N2OS. The van der Waals surface area contributed by atoms with Crippen LogP contribution in [0.25, 0.3) is 0 Å². The highest BCUT2D eigenvalue weighted by atomic mass is 32.2. The van der Waals surface area contributed by atoms with Crippen molar-refractivity contribution in [3.8, 4) is 0 Å². The van der Waals surface area contributed by atoms with Gasteiger partial charge in [0.25, 0.3) is 0 Å². The molecule has 0 aliphatic carbocycles. The molecule has 0 aromatic rings. The van der Waals surface area contributed by atoms with Crippen LogP contribution < -0.4 is 0 Å². The Morgan fingerprint density at radius 2 is 1.92 bits per heavy atom. The van der Waals surface area contributed by atoms with Crippen LogP contribution >= 0.6 is 0 Å². The third-order valence-electron chi connectivity index (χ3n) is 2.27. The van der Waals surface area contributed by atoms with E-state index in [-0.39, 0.29) is 0 Å². The lowest BCUT2D eigenvalue weighted by Gasteiger charge is -2.07. The molecule has 1 heterocycles. The first-order valence-corrected chi connectivity index (χ1v) is 6.81. The summed E-state index contributed by atoms with van der Waals surface area (Å²) in [5.74, 6) is 1.68. The van der Waals surface area contributed by atoms with Gasteiger partial charge in [0, 0.05) is 27.8 Å². The van der Waals surface area contributed by atoms with Crippen molar-refractivity contribution in [2.75, 3.05) is 38.7 Å². The fourth-order valence-corrected chi connectivity index (χ4v) is 3.74. The lowest BCUT2D eigenvalue weighted by molar-refractivity contribution is 0.403. The summed E-state index contributed by atoms with van der Waals surface area (Å²) in [5, 5.41) is 0. The smallest absolute Gasteiger partial charge is 0.0496 e. The predicted molar refractivity (Wildman–Crippen MR) is 57.6 cm³/mol. The Labute approximate surface area is 81.7 Å². The molecule has 0 unspecified atom stereocenters. The quantitative estimate of drug-likeness (QED) is 0.645. The summed E-state index contributed by atoms with van der Waals surface area (Å²) in [6, 6.07) is 0. The van der Waals surface area contributed by atoms with E-state index in [4.69, 9.17) is 0 Å². The van der Waals surface area contributed by atoms with Crippen LogP contribution in [0.2, 0.25) is 0 Å². The van der Waals surface area contributed by atoms with E-state index in [1.807, 2.05) is 0 Å². The van der Waals surface area contributed by atoms with Crippen molar-refractivity contribution in [2.24, 2.45) is 4.36 Å². The standard InChI is InChI=1S/C9H20N2OS/c1-11(2)7-5-6-10-13(12)8-3-4-9-13/h3-9H2,1-2H3. The molecule has 0 radical (unpaired) electrons. The van der Waals surface area contributed by atoms with Gasteiger partial charge in [-0.3, -0.25) is 0 Å². The van der Waals surface area contributed by atoms with Gasteiger partial charge in [-0.25, -0.2) is 8.57 Å². The molecule has 1 saturated heterocycles. The molecule has 13 heavy (non-hydrogen) atoms. The summed E-state index contributed by atoms with van der Waals surface area (Å²) in [5.41, 5.74) is 0. The van der Waals surface area contributed by atoms with Crippen molar-refractivity contribution in [3.05, 3.63) is 0 Å². The largest absolute Gasteiger partial charge is 0.309 e. The molecule has 0 aromatic heterocycles. The van der Waals surface area contributed by atoms with Crippen LogP contribution in [0, 0.1) is 0 Å². The summed E-state index contributed by atoms with van der Waals surface area (Å²) >= 11 is 0. The molecule has 78 valence electrons. The molecule has 0 aromatic carbocycles. The Balaban J connectivity index is 2.27. The minimum Gasteiger partial charge on any atom is -0.309 e. The van der Waals surface area contributed by atoms with Gasteiger partial charge in [0.2, 0.25) is 0 Å². The van der Waals surface area contributed by atoms with Gasteiger partial charge in [-0.1, -0.05) is 0 Å². The maximum atomic E-state index is 11.8. The Morgan fingerprint density at radius 1 is 1.31 bits per heavy atom. The third-order valence-corrected chi connectivity index (χ3v) is 4.77. The minimum absolute atomic E-state index is 0.775. The van der Waals surface area contributed by atoms with Crippen LogP contribution in [0.5, 0.6) is 0 Å². The van der Waals surface area contributed by atoms with Gasteiger partial charge in [-0.2, -0.15) is 0 Å². The summed E-state index contributed by atoms with van der Waals surface area (Å²) in [6.07, 6.45) is 3.25. The van der Waals surface area contributed by atoms with E-state index in [0.29, 0.717) is 0 Å². The van der Waals surface area contributed by atoms with E-state index in [1.54, 1.807) is 0 Å². The van der Waals surface area contributed by atoms with Gasteiger partial charge >= 0.3 is 0 Å². The first-order chi connectivity index (χ1) is 6.12. The fourth-order valence-electron chi connectivity index (χ4n) is 1.50. The van der Waals surface area contributed by atoms with Gasteiger partial charge in [-0.15, -0.1) is 0 Å². The van der Waals surface area contributed by atoms with Crippen LogP contribution in [-0.2, 0) is 9.73 Å². The lowest BCUT2D eigenvalue weighted by atomic mass is 10.4. The summed E-state index contributed by atoms with van der Waals surface area (Å²) < 4.78 is 16.2. The maximum Gasteiger partial charge on any atom is 0.0496 e. The van der Waals surface area contributed by atoms with E-state index in [1.165, 1.54) is 0 Å². The minimum atomic E-state index is -1.75. The zero-order valence-corrected chi connectivity index (χ0v) is 9.48. The van der Waals surface area contributed by atoms with Crippen molar-refractivity contribution in [2.45, 2.75) is 19.3 Å². The molecule has 3 nitrogen and oxygen atoms in total. The van der Waals surface area contributed by atoms with Gasteiger partial charge in [-0.05, 0) is 39.9 Å². The topological polar surface area (TPSA) is 32.7 Å². The zero-order valence-electron chi connectivity index (χ0n) is 8.66. The molecule has 0 spiro atoms. The first-order valence-electron chi connectivity index (χ1n) is 4.95. The number of nitrogens with zero attached hydrogens (tertiary/aromatic N) is 2. The summed E-state index contributed by atoms with van der Waals surface area (Å²) in [6.45, 7) is 1.82. The second kappa shape index (κ2) is 4.96. The molecular weight excluding hydrogens is 184 g/mol. The van der Waals surface area contributed by atoms with Crippen molar-refractivity contribution in [1.82, 2.24) is 4.90 Å².